The second kappa shape index (κ2) is 2.70. The molecule has 0 aliphatic carbocycles. The molecule has 0 saturated carbocycles. The highest BCUT2D eigenvalue weighted by molar-refractivity contribution is 7.90. The van der Waals surface area contributed by atoms with E-state index in [0.29, 0.717) is 17.9 Å². The third-order valence-electron chi connectivity index (χ3n) is 2.22. The third kappa shape index (κ3) is 1.39. The Hall–Kier alpha value is -1.10. The Morgan fingerprint density at radius 3 is 2.85 bits per heavy atom. The smallest absolute Gasteiger partial charge is 0.166 e. The fraction of sp³-hybridized carbons (Fsp3) is 0.375. The molecule has 1 aromatic rings. The number of aldehydes is 1. The van der Waals surface area contributed by atoms with Gasteiger partial charge in [0.15, 0.2) is 16.1 Å². The van der Waals surface area contributed by atoms with Crippen molar-refractivity contribution in [1.29, 1.82) is 0 Å². The van der Waals surface area contributed by atoms with Gasteiger partial charge in [0.25, 0.3) is 0 Å². The molecule has 13 heavy (non-hydrogen) atoms. The highest BCUT2D eigenvalue weighted by Gasteiger charge is 2.22. The summed E-state index contributed by atoms with van der Waals surface area (Å²) < 4.78 is 24.2. The summed E-state index contributed by atoms with van der Waals surface area (Å²) >= 11 is 0. The van der Waals surface area contributed by atoms with Gasteiger partial charge in [-0.2, -0.15) is 0 Å². The van der Waals surface area contributed by atoms with Crippen LogP contribution in [0.15, 0.2) is 12.1 Å². The van der Waals surface area contributed by atoms with Crippen molar-refractivity contribution in [2.45, 2.75) is 12.3 Å². The largest absolute Gasteiger partial charge is 0.340 e. The van der Waals surface area contributed by atoms with E-state index in [4.69, 9.17) is 0 Å². The standard InChI is InChI=1S/C8H9NO3S/c10-5-7-1-2-8-6-13(11,12)4-3-9(7)8/h1-2,5H,3-4,6H2. The number of carbonyl (C=O) groups excluding carboxylic acids is 1. The first-order chi connectivity index (χ1) is 6.12. The van der Waals surface area contributed by atoms with Crippen molar-refractivity contribution in [2.24, 2.45) is 0 Å². The molecular weight excluding hydrogens is 190 g/mol. The predicted octanol–water partition coefficient (Wildman–Crippen LogP) is 0.229. The molecule has 70 valence electrons. The summed E-state index contributed by atoms with van der Waals surface area (Å²) in [7, 11) is -2.93. The Kier molecular flexibility index (Phi) is 1.76. The van der Waals surface area contributed by atoms with E-state index in [1.807, 2.05) is 0 Å². The Morgan fingerprint density at radius 2 is 2.15 bits per heavy atom. The molecule has 0 atom stereocenters. The van der Waals surface area contributed by atoms with Crippen LogP contribution in [0, 0.1) is 0 Å². The van der Waals surface area contributed by atoms with E-state index in [1.54, 1.807) is 16.7 Å². The van der Waals surface area contributed by atoms with E-state index in [9.17, 15) is 13.2 Å². The van der Waals surface area contributed by atoms with Crippen LogP contribution < -0.4 is 0 Å². The molecular formula is C8H9NO3S. The first-order valence-electron chi connectivity index (χ1n) is 3.96. The monoisotopic (exact) mass is 199 g/mol. The lowest BCUT2D eigenvalue weighted by Gasteiger charge is -2.16. The van der Waals surface area contributed by atoms with Gasteiger partial charge in [-0.05, 0) is 12.1 Å². The van der Waals surface area contributed by atoms with Gasteiger partial charge < -0.3 is 4.57 Å². The normalized spacial score (nSPS) is 19.4. The van der Waals surface area contributed by atoms with Crippen LogP contribution in [0.25, 0.3) is 0 Å². The zero-order valence-corrected chi connectivity index (χ0v) is 7.75. The first-order valence-corrected chi connectivity index (χ1v) is 5.78. The molecule has 5 heteroatoms. The average molecular weight is 199 g/mol. The van der Waals surface area contributed by atoms with E-state index in [1.165, 1.54) is 0 Å². The van der Waals surface area contributed by atoms with E-state index in [2.05, 4.69) is 0 Å². The summed E-state index contributed by atoms with van der Waals surface area (Å²) in [5, 5.41) is 0. The van der Waals surface area contributed by atoms with Gasteiger partial charge in [-0.1, -0.05) is 0 Å². The van der Waals surface area contributed by atoms with Crippen LogP contribution in [0.2, 0.25) is 0 Å². The van der Waals surface area contributed by atoms with Crippen molar-refractivity contribution in [3.8, 4) is 0 Å². The molecule has 0 saturated heterocycles. The molecule has 0 amide bonds. The van der Waals surface area contributed by atoms with Gasteiger partial charge in [0.05, 0.1) is 17.2 Å². The molecule has 1 aliphatic rings. The summed E-state index contributed by atoms with van der Waals surface area (Å²) in [6.45, 7) is 0.402. The first kappa shape index (κ1) is 8.50. The number of rotatable bonds is 1. The highest BCUT2D eigenvalue weighted by Crippen LogP contribution is 2.17. The summed E-state index contributed by atoms with van der Waals surface area (Å²) in [5.74, 6) is 0.191. The Morgan fingerprint density at radius 1 is 1.38 bits per heavy atom. The van der Waals surface area contributed by atoms with Crippen LogP contribution in [0.1, 0.15) is 16.2 Å². The quantitative estimate of drug-likeness (QED) is 0.608. The van der Waals surface area contributed by atoms with Crippen LogP contribution in [0.4, 0.5) is 0 Å². The SMILES string of the molecule is O=Cc1ccc2n1CCS(=O)(=O)C2. The molecule has 0 radical (unpaired) electrons. The number of fused-ring (bicyclic) bond motifs is 1. The molecule has 2 heterocycles. The fourth-order valence-corrected chi connectivity index (χ4v) is 2.86. The molecule has 0 bridgehead atoms. The van der Waals surface area contributed by atoms with Crippen molar-refractivity contribution >= 4 is 16.1 Å². The number of carbonyl (C=O) groups is 1. The van der Waals surface area contributed by atoms with Gasteiger partial charge in [-0.25, -0.2) is 8.42 Å². The summed E-state index contributed by atoms with van der Waals surface area (Å²) in [6, 6.07) is 3.35. The van der Waals surface area contributed by atoms with Crippen LogP contribution in [0.5, 0.6) is 0 Å². The van der Waals surface area contributed by atoms with E-state index >= 15 is 0 Å². The number of aromatic nitrogens is 1. The Balaban J connectivity index is 2.49. The minimum absolute atomic E-state index is 0.0564. The lowest BCUT2D eigenvalue weighted by molar-refractivity contribution is 0.111. The fourth-order valence-electron chi connectivity index (χ4n) is 1.56. The molecule has 1 aliphatic heterocycles. The van der Waals surface area contributed by atoms with Crippen LogP contribution in [-0.4, -0.2) is 25.0 Å². The number of nitrogens with zero attached hydrogens (tertiary/aromatic N) is 1. The maximum Gasteiger partial charge on any atom is 0.166 e. The summed E-state index contributed by atoms with van der Waals surface area (Å²) in [6.07, 6.45) is 0.751. The van der Waals surface area contributed by atoms with Gasteiger partial charge >= 0.3 is 0 Å². The highest BCUT2D eigenvalue weighted by atomic mass is 32.2. The Bertz CT molecular complexity index is 444. The van der Waals surface area contributed by atoms with Gasteiger partial charge in [0, 0.05) is 12.2 Å². The second-order valence-corrected chi connectivity index (χ2v) is 5.30. The van der Waals surface area contributed by atoms with Crippen molar-refractivity contribution in [3.63, 3.8) is 0 Å². The van der Waals surface area contributed by atoms with Gasteiger partial charge in [0.2, 0.25) is 0 Å². The van der Waals surface area contributed by atoms with Crippen molar-refractivity contribution in [2.75, 3.05) is 5.75 Å². The van der Waals surface area contributed by atoms with Gasteiger partial charge in [-0.3, -0.25) is 4.79 Å². The number of hydrogen-bond donors (Lipinski definition) is 0. The minimum Gasteiger partial charge on any atom is -0.340 e. The molecule has 2 rings (SSSR count). The van der Waals surface area contributed by atoms with Crippen LogP contribution >= 0.6 is 0 Å². The molecule has 0 fully saturated rings. The topological polar surface area (TPSA) is 56.1 Å². The third-order valence-corrected chi connectivity index (χ3v) is 3.76. The summed E-state index contributed by atoms with van der Waals surface area (Å²) in [5.41, 5.74) is 1.28. The maximum absolute atomic E-state index is 11.2. The average Bonchev–Trinajstić information content (AvgIpc) is 2.44. The number of sulfone groups is 1. The lowest BCUT2D eigenvalue weighted by Crippen LogP contribution is -2.24. The zero-order valence-electron chi connectivity index (χ0n) is 6.93. The van der Waals surface area contributed by atoms with Gasteiger partial charge in [0.1, 0.15) is 0 Å². The molecule has 4 nitrogen and oxygen atoms in total. The zero-order chi connectivity index (χ0) is 9.47. The molecule has 0 unspecified atom stereocenters. The van der Waals surface area contributed by atoms with Crippen molar-refractivity contribution < 1.29 is 13.2 Å². The van der Waals surface area contributed by atoms with Gasteiger partial charge in [-0.15, -0.1) is 0 Å². The molecule has 0 spiro atoms. The Labute approximate surface area is 76.1 Å². The predicted molar refractivity (Wildman–Crippen MR) is 47.3 cm³/mol. The van der Waals surface area contributed by atoms with E-state index in [-0.39, 0.29) is 11.5 Å². The van der Waals surface area contributed by atoms with Crippen molar-refractivity contribution in [3.05, 3.63) is 23.5 Å². The van der Waals surface area contributed by atoms with Crippen molar-refractivity contribution in [1.82, 2.24) is 4.57 Å². The van der Waals surface area contributed by atoms with E-state index in [0.717, 1.165) is 6.29 Å². The second-order valence-electron chi connectivity index (χ2n) is 3.11. The molecule has 1 aromatic heterocycles. The maximum atomic E-state index is 11.2. The molecule has 0 aromatic carbocycles. The molecule has 0 N–H and O–H groups in total. The van der Waals surface area contributed by atoms with Crippen LogP contribution in [-0.2, 0) is 22.1 Å². The summed E-state index contributed by atoms with van der Waals surface area (Å²) in [4.78, 5) is 10.5. The number of hydrogen-bond acceptors (Lipinski definition) is 3. The van der Waals surface area contributed by atoms with E-state index < -0.39 is 9.84 Å². The lowest BCUT2D eigenvalue weighted by atomic mass is 10.4. The minimum atomic E-state index is -2.93. The van der Waals surface area contributed by atoms with Crippen LogP contribution in [0.3, 0.4) is 0 Å².